The van der Waals surface area contributed by atoms with Crippen LogP contribution in [0.15, 0.2) is 24.3 Å². The van der Waals surface area contributed by atoms with Gasteiger partial charge in [-0.05, 0) is 18.6 Å². The van der Waals surface area contributed by atoms with Gasteiger partial charge in [0.25, 0.3) is 0 Å². The van der Waals surface area contributed by atoms with Crippen LogP contribution in [-0.4, -0.2) is 12.6 Å². The molecule has 1 rings (SSSR count). The largest absolute Gasteiger partial charge is 0.416 e. The SMILES string of the molecule is CC(N)C(CN)c1ccccc1C(F)(F)F. The molecule has 0 aliphatic heterocycles. The molecule has 0 aliphatic rings. The summed E-state index contributed by atoms with van der Waals surface area (Å²) in [6, 6.07) is 5.01. The second-order valence-corrected chi connectivity index (χ2v) is 3.79. The second-order valence-electron chi connectivity index (χ2n) is 3.79. The first-order valence-corrected chi connectivity index (χ1v) is 4.99. The van der Waals surface area contributed by atoms with Crippen LogP contribution in [0.25, 0.3) is 0 Å². The summed E-state index contributed by atoms with van der Waals surface area (Å²) >= 11 is 0. The fraction of sp³-hybridized carbons (Fsp3) is 0.455. The molecule has 1 aromatic carbocycles. The molecule has 0 radical (unpaired) electrons. The van der Waals surface area contributed by atoms with E-state index in [4.69, 9.17) is 11.5 Å². The number of benzene rings is 1. The number of alkyl halides is 3. The van der Waals surface area contributed by atoms with Gasteiger partial charge >= 0.3 is 6.18 Å². The van der Waals surface area contributed by atoms with Crippen molar-refractivity contribution in [3.8, 4) is 0 Å². The minimum absolute atomic E-state index is 0.102. The molecular formula is C11H15F3N2. The first kappa shape index (κ1) is 13.0. The third-order valence-corrected chi connectivity index (χ3v) is 2.55. The minimum Gasteiger partial charge on any atom is -0.330 e. The fourth-order valence-electron chi connectivity index (χ4n) is 1.70. The van der Waals surface area contributed by atoms with Crippen molar-refractivity contribution in [1.82, 2.24) is 0 Å². The molecule has 2 nitrogen and oxygen atoms in total. The molecule has 0 fully saturated rings. The van der Waals surface area contributed by atoms with Crippen LogP contribution in [0.5, 0.6) is 0 Å². The molecule has 0 aromatic heterocycles. The first-order chi connectivity index (χ1) is 7.38. The van der Waals surface area contributed by atoms with Crippen molar-refractivity contribution in [1.29, 1.82) is 0 Å². The minimum atomic E-state index is -4.36. The summed E-state index contributed by atoms with van der Waals surface area (Å²) in [6.45, 7) is 1.76. The Balaban J connectivity index is 3.22. The average Bonchev–Trinajstić information content (AvgIpc) is 2.17. The summed E-state index contributed by atoms with van der Waals surface area (Å²) in [5, 5.41) is 0. The Hall–Kier alpha value is -1.07. The van der Waals surface area contributed by atoms with E-state index < -0.39 is 23.7 Å². The number of nitrogens with two attached hydrogens (primary N) is 2. The Kier molecular flexibility index (Phi) is 3.93. The summed E-state index contributed by atoms with van der Waals surface area (Å²) in [6.07, 6.45) is -4.36. The standard InChI is InChI=1S/C11H15F3N2/c1-7(16)9(6-15)8-4-2-3-5-10(8)11(12,13)14/h2-5,7,9H,6,15-16H2,1H3. The molecule has 1 aromatic rings. The molecule has 90 valence electrons. The van der Waals surface area contributed by atoms with E-state index in [2.05, 4.69) is 0 Å². The highest BCUT2D eigenvalue weighted by atomic mass is 19.4. The molecule has 0 bridgehead atoms. The predicted octanol–water partition coefficient (Wildman–Crippen LogP) is 2.09. The second kappa shape index (κ2) is 4.84. The van der Waals surface area contributed by atoms with Crippen LogP contribution < -0.4 is 11.5 Å². The molecule has 16 heavy (non-hydrogen) atoms. The van der Waals surface area contributed by atoms with Crippen LogP contribution in [0.1, 0.15) is 24.0 Å². The summed E-state index contributed by atoms with van der Waals surface area (Å²) in [5.74, 6) is -0.474. The highest BCUT2D eigenvalue weighted by Gasteiger charge is 2.35. The maximum atomic E-state index is 12.7. The van der Waals surface area contributed by atoms with Crippen LogP contribution in [0.4, 0.5) is 13.2 Å². The quantitative estimate of drug-likeness (QED) is 0.838. The lowest BCUT2D eigenvalue weighted by atomic mass is 9.89. The summed E-state index contributed by atoms with van der Waals surface area (Å²) < 4.78 is 38.2. The molecule has 2 atom stereocenters. The molecule has 0 saturated carbocycles. The van der Waals surface area contributed by atoms with Gasteiger partial charge < -0.3 is 11.5 Å². The van der Waals surface area contributed by atoms with Gasteiger partial charge in [-0.15, -0.1) is 0 Å². The maximum absolute atomic E-state index is 12.7. The Morgan fingerprint density at radius 2 is 1.81 bits per heavy atom. The molecule has 0 spiro atoms. The highest BCUT2D eigenvalue weighted by Crippen LogP contribution is 2.35. The van der Waals surface area contributed by atoms with Crippen molar-refractivity contribution in [2.45, 2.75) is 25.1 Å². The van der Waals surface area contributed by atoms with Crippen molar-refractivity contribution < 1.29 is 13.2 Å². The van der Waals surface area contributed by atoms with Gasteiger partial charge in [-0.2, -0.15) is 13.2 Å². The number of hydrogen-bond acceptors (Lipinski definition) is 2. The molecule has 0 heterocycles. The van der Waals surface area contributed by atoms with Gasteiger partial charge in [0, 0.05) is 18.5 Å². The van der Waals surface area contributed by atoms with E-state index in [1.807, 2.05) is 0 Å². The Morgan fingerprint density at radius 3 is 2.25 bits per heavy atom. The zero-order valence-corrected chi connectivity index (χ0v) is 8.96. The van der Waals surface area contributed by atoms with E-state index in [0.717, 1.165) is 6.07 Å². The van der Waals surface area contributed by atoms with Crippen molar-refractivity contribution in [3.05, 3.63) is 35.4 Å². The van der Waals surface area contributed by atoms with Gasteiger partial charge in [0.15, 0.2) is 0 Å². The van der Waals surface area contributed by atoms with Crippen molar-refractivity contribution >= 4 is 0 Å². The van der Waals surface area contributed by atoms with Gasteiger partial charge in [0.1, 0.15) is 0 Å². The molecule has 0 saturated heterocycles. The summed E-state index contributed by atoms with van der Waals surface area (Å²) in [5.41, 5.74) is 10.6. The lowest BCUT2D eigenvalue weighted by molar-refractivity contribution is -0.138. The lowest BCUT2D eigenvalue weighted by Crippen LogP contribution is -2.32. The topological polar surface area (TPSA) is 52.0 Å². The molecule has 2 unspecified atom stereocenters. The van der Waals surface area contributed by atoms with Gasteiger partial charge in [0.2, 0.25) is 0 Å². The van der Waals surface area contributed by atoms with Crippen LogP contribution in [0.2, 0.25) is 0 Å². The van der Waals surface area contributed by atoms with E-state index >= 15 is 0 Å². The van der Waals surface area contributed by atoms with E-state index in [9.17, 15) is 13.2 Å². The van der Waals surface area contributed by atoms with Crippen LogP contribution in [-0.2, 0) is 6.18 Å². The Morgan fingerprint density at radius 1 is 1.25 bits per heavy atom. The lowest BCUT2D eigenvalue weighted by Gasteiger charge is -2.23. The van der Waals surface area contributed by atoms with E-state index in [1.54, 1.807) is 13.0 Å². The summed E-state index contributed by atoms with van der Waals surface area (Å²) in [7, 11) is 0. The normalized spacial score (nSPS) is 15.9. The van der Waals surface area contributed by atoms with Crippen molar-refractivity contribution in [3.63, 3.8) is 0 Å². The third kappa shape index (κ3) is 2.74. The van der Waals surface area contributed by atoms with Gasteiger partial charge in [-0.25, -0.2) is 0 Å². The average molecular weight is 232 g/mol. The Bertz CT molecular complexity index is 347. The van der Waals surface area contributed by atoms with Crippen LogP contribution in [0, 0.1) is 0 Å². The number of halogens is 3. The Labute approximate surface area is 92.4 Å². The van der Waals surface area contributed by atoms with Gasteiger partial charge in [-0.1, -0.05) is 18.2 Å². The van der Waals surface area contributed by atoms with Crippen molar-refractivity contribution in [2.24, 2.45) is 11.5 Å². The zero-order chi connectivity index (χ0) is 12.3. The molecule has 0 amide bonds. The third-order valence-electron chi connectivity index (χ3n) is 2.55. The van der Waals surface area contributed by atoms with Gasteiger partial charge in [-0.3, -0.25) is 0 Å². The zero-order valence-electron chi connectivity index (χ0n) is 8.96. The number of hydrogen-bond donors (Lipinski definition) is 2. The predicted molar refractivity (Wildman–Crippen MR) is 56.9 cm³/mol. The summed E-state index contributed by atoms with van der Waals surface area (Å²) in [4.78, 5) is 0. The van der Waals surface area contributed by atoms with Crippen molar-refractivity contribution in [2.75, 3.05) is 6.54 Å². The van der Waals surface area contributed by atoms with Gasteiger partial charge in [0.05, 0.1) is 5.56 Å². The fourth-order valence-corrected chi connectivity index (χ4v) is 1.70. The monoisotopic (exact) mass is 232 g/mol. The first-order valence-electron chi connectivity index (χ1n) is 4.99. The maximum Gasteiger partial charge on any atom is 0.416 e. The molecule has 5 heteroatoms. The number of rotatable bonds is 3. The van der Waals surface area contributed by atoms with Crippen LogP contribution >= 0.6 is 0 Å². The molecular weight excluding hydrogens is 217 g/mol. The van der Waals surface area contributed by atoms with E-state index in [0.29, 0.717) is 0 Å². The van der Waals surface area contributed by atoms with Crippen LogP contribution in [0.3, 0.4) is 0 Å². The van der Waals surface area contributed by atoms with E-state index in [-0.39, 0.29) is 12.1 Å². The molecule has 4 N–H and O–H groups in total. The van der Waals surface area contributed by atoms with E-state index in [1.165, 1.54) is 12.1 Å². The highest BCUT2D eigenvalue weighted by molar-refractivity contribution is 5.33. The smallest absolute Gasteiger partial charge is 0.330 e. The molecule has 0 aliphatic carbocycles.